The van der Waals surface area contributed by atoms with Crippen molar-refractivity contribution in [3.63, 3.8) is 0 Å². The van der Waals surface area contributed by atoms with E-state index in [1.165, 1.54) is 11.3 Å². The third kappa shape index (κ3) is 3.14. The molecule has 1 unspecified atom stereocenters. The molecule has 2 N–H and O–H groups in total. The fourth-order valence-electron chi connectivity index (χ4n) is 1.66. The maximum absolute atomic E-state index is 12.5. The van der Waals surface area contributed by atoms with Crippen molar-refractivity contribution in [1.29, 1.82) is 0 Å². The Hall–Kier alpha value is -1.09. The van der Waals surface area contributed by atoms with Gasteiger partial charge in [-0.2, -0.15) is 5.10 Å². The Morgan fingerprint density at radius 3 is 3.00 bits per heavy atom. The molecule has 0 saturated heterocycles. The number of ether oxygens (including phenoxy) is 1. The summed E-state index contributed by atoms with van der Waals surface area (Å²) in [5, 5.41) is 6.63. The molecule has 1 atom stereocenters. The second kappa shape index (κ2) is 6.57. The lowest BCUT2D eigenvalue weighted by atomic mass is 10.2. The number of nitrogens with zero attached hydrogens (tertiary/aromatic N) is 3. The highest BCUT2D eigenvalue weighted by atomic mass is 79.9. The highest BCUT2D eigenvalue weighted by Gasteiger charge is 2.21. The molecule has 2 rings (SSSR count). The van der Waals surface area contributed by atoms with E-state index in [-0.39, 0.29) is 11.8 Å². The number of carbonyl (C=O) groups is 1. The van der Waals surface area contributed by atoms with Gasteiger partial charge >= 0.3 is 0 Å². The van der Waals surface area contributed by atoms with Crippen molar-refractivity contribution in [3.8, 4) is 0 Å². The molecular weight excluding hydrogens is 344 g/mol. The van der Waals surface area contributed by atoms with Crippen LogP contribution in [0.3, 0.4) is 0 Å². The van der Waals surface area contributed by atoms with Crippen molar-refractivity contribution in [2.75, 3.05) is 13.7 Å². The Morgan fingerprint density at radius 2 is 2.40 bits per heavy atom. The van der Waals surface area contributed by atoms with Crippen LogP contribution >= 0.6 is 27.3 Å². The fourth-order valence-corrected chi connectivity index (χ4v) is 2.89. The van der Waals surface area contributed by atoms with E-state index in [1.807, 2.05) is 6.92 Å². The van der Waals surface area contributed by atoms with Crippen molar-refractivity contribution in [2.45, 2.75) is 19.5 Å². The van der Waals surface area contributed by atoms with E-state index in [2.05, 4.69) is 26.0 Å². The minimum atomic E-state index is -0.177. The first-order valence-electron chi connectivity index (χ1n) is 6.00. The second-order valence-corrected chi connectivity index (χ2v) is 5.99. The first-order valence-corrected chi connectivity index (χ1v) is 7.67. The molecule has 2 aromatic rings. The van der Waals surface area contributed by atoms with Crippen molar-refractivity contribution in [1.82, 2.24) is 14.8 Å². The number of hydrogen-bond donors (Lipinski definition) is 1. The van der Waals surface area contributed by atoms with E-state index in [0.717, 1.165) is 5.01 Å². The molecule has 6 nitrogen and oxygen atoms in total. The van der Waals surface area contributed by atoms with Gasteiger partial charge < -0.3 is 10.5 Å². The van der Waals surface area contributed by atoms with Gasteiger partial charge in [0.25, 0.3) is 0 Å². The summed E-state index contributed by atoms with van der Waals surface area (Å²) in [4.78, 5) is 16.8. The Balaban J connectivity index is 2.29. The summed E-state index contributed by atoms with van der Waals surface area (Å²) in [7, 11) is 1.61. The van der Waals surface area contributed by atoms with Crippen LogP contribution in [-0.4, -0.2) is 34.3 Å². The molecule has 0 saturated carbocycles. The van der Waals surface area contributed by atoms with Gasteiger partial charge in [0, 0.05) is 12.5 Å². The van der Waals surface area contributed by atoms with Crippen LogP contribution in [0.4, 0.5) is 0 Å². The van der Waals surface area contributed by atoms with Gasteiger partial charge in [0.1, 0.15) is 16.4 Å². The van der Waals surface area contributed by atoms with E-state index in [4.69, 9.17) is 10.5 Å². The van der Waals surface area contributed by atoms with Crippen LogP contribution < -0.4 is 5.73 Å². The van der Waals surface area contributed by atoms with E-state index >= 15 is 0 Å². The lowest BCUT2D eigenvalue weighted by molar-refractivity contribution is 0.102. The Bertz CT molecular complexity index is 608. The van der Waals surface area contributed by atoms with E-state index < -0.39 is 0 Å². The topological polar surface area (TPSA) is 83.0 Å². The molecule has 0 aromatic carbocycles. The second-order valence-electron chi connectivity index (χ2n) is 4.25. The summed E-state index contributed by atoms with van der Waals surface area (Å²) in [6, 6.07) is -0.177. The number of methoxy groups -OCH3 is 1. The maximum atomic E-state index is 12.5. The maximum Gasteiger partial charge on any atom is 0.231 e. The SMILES string of the molecule is COCCn1ncc(Br)c1C(=O)c1csc(C(C)N)n1. The number of nitrogens with two attached hydrogens (primary N) is 1. The van der Waals surface area contributed by atoms with Crippen molar-refractivity contribution in [2.24, 2.45) is 5.73 Å². The van der Waals surface area contributed by atoms with Crippen molar-refractivity contribution < 1.29 is 9.53 Å². The Kier molecular flexibility index (Phi) is 5.03. The van der Waals surface area contributed by atoms with E-state index in [1.54, 1.807) is 23.4 Å². The van der Waals surface area contributed by atoms with Crippen LogP contribution in [0, 0.1) is 0 Å². The van der Waals surface area contributed by atoms with Gasteiger partial charge in [-0.15, -0.1) is 11.3 Å². The number of rotatable bonds is 6. The van der Waals surface area contributed by atoms with Crippen LogP contribution in [0.5, 0.6) is 0 Å². The number of thiazole rings is 1. The van der Waals surface area contributed by atoms with Gasteiger partial charge in [-0.1, -0.05) is 0 Å². The number of hydrogen-bond acceptors (Lipinski definition) is 6. The monoisotopic (exact) mass is 358 g/mol. The Morgan fingerprint density at radius 1 is 1.65 bits per heavy atom. The average molecular weight is 359 g/mol. The molecular formula is C12H15BrN4O2S. The summed E-state index contributed by atoms with van der Waals surface area (Å²) in [5.41, 5.74) is 6.63. The van der Waals surface area contributed by atoms with E-state index in [9.17, 15) is 4.79 Å². The minimum absolute atomic E-state index is 0.173. The summed E-state index contributed by atoms with van der Waals surface area (Å²) < 4.78 is 7.27. The zero-order valence-electron chi connectivity index (χ0n) is 11.2. The lowest BCUT2D eigenvalue weighted by Gasteiger charge is -2.05. The molecule has 0 aliphatic heterocycles. The summed E-state index contributed by atoms with van der Waals surface area (Å²) in [5.74, 6) is -0.173. The molecule has 108 valence electrons. The molecule has 0 radical (unpaired) electrons. The summed E-state index contributed by atoms with van der Waals surface area (Å²) >= 11 is 4.73. The zero-order valence-corrected chi connectivity index (χ0v) is 13.6. The standard InChI is InChI=1S/C12H15BrN4O2S/c1-7(14)12-16-9(6-20-12)11(18)10-8(13)5-15-17(10)3-4-19-2/h5-7H,3-4,14H2,1-2H3. The normalized spacial score (nSPS) is 12.6. The summed E-state index contributed by atoms with van der Waals surface area (Å²) in [6.07, 6.45) is 1.60. The summed E-state index contributed by atoms with van der Waals surface area (Å²) in [6.45, 7) is 2.83. The van der Waals surface area contributed by atoms with Crippen molar-refractivity contribution in [3.05, 3.63) is 32.4 Å². The van der Waals surface area contributed by atoms with Crippen LogP contribution in [0.15, 0.2) is 16.0 Å². The predicted octanol–water partition coefficient (Wildman–Crippen LogP) is 2.00. The first kappa shape index (κ1) is 15.3. The highest BCUT2D eigenvalue weighted by molar-refractivity contribution is 9.10. The molecule has 2 heterocycles. The number of ketones is 1. The molecule has 0 bridgehead atoms. The van der Waals surface area contributed by atoms with Gasteiger partial charge in [-0.3, -0.25) is 9.48 Å². The molecule has 20 heavy (non-hydrogen) atoms. The minimum Gasteiger partial charge on any atom is -0.383 e. The van der Waals surface area contributed by atoms with Crippen LogP contribution in [0.25, 0.3) is 0 Å². The van der Waals surface area contributed by atoms with Gasteiger partial charge in [0.15, 0.2) is 0 Å². The van der Waals surface area contributed by atoms with Gasteiger partial charge in [-0.25, -0.2) is 4.98 Å². The van der Waals surface area contributed by atoms with Gasteiger partial charge in [0.2, 0.25) is 5.78 Å². The highest BCUT2D eigenvalue weighted by Crippen LogP contribution is 2.22. The molecule has 0 aliphatic carbocycles. The van der Waals surface area contributed by atoms with Crippen LogP contribution in [0.2, 0.25) is 0 Å². The van der Waals surface area contributed by atoms with E-state index in [0.29, 0.717) is 29.0 Å². The third-order valence-electron chi connectivity index (χ3n) is 2.66. The molecule has 0 fully saturated rings. The molecule has 0 amide bonds. The smallest absolute Gasteiger partial charge is 0.231 e. The predicted molar refractivity (Wildman–Crippen MR) is 80.0 cm³/mol. The average Bonchev–Trinajstić information content (AvgIpc) is 3.02. The molecule has 8 heteroatoms. The third-order valence-corrected chi connectivity index (χ3v) is 4.29. The van der Waals surface area contributed by atoms with Crippen LogP contribution in [-0.2, 0) is 11.3 Å². The zero-order chi connectivity index (χ0) is 14.7. The fraction of sp³-hybridized carbons (Fsp3) is 0.417. The van der Waals surface area contributed by atoms with Crippen molar-refractivity contribution >= 4 is 33.0 Å². The molecule has 2 aromatic heterocycles. The van der Waals surface area contributed by atoms with Crippen LogP contribution in [0.1, 0.15) is 34.2 Å². The number of aromatic nitrogens is 3. The lowest BCUT2D eigenvalue weighted by Crippen LogP contribution is -2.15. The molecule has 0 spiro atoms. The quantitative estimate of drug-likeness (QED) is 0.798. The largest absolute Gasteiger partial charge is 0.383 e. The van der Waals surface area contributed by atoms with Gasteiger partial charge in [0.05, 0.1) is 29.9 Å². The molecule has 0 aliphatic rings. The number of carbonyl (C=O) groups excluding carboxylic acids is 1. The van der Waals surface area contributed by atoms with Gasteiger partial charge in [-0.05, 0) is 22.9 Å². The Labute approximate surface area is 129 Å². The number of halogens is 1. The first-order chi connectivity index (χ1) is 9.54.